The van der Waals surface area contributed by atoms with E-state index in [2.05, 4.69) is 24.0 Å². The maximum atomic E-state index is 12.5. The lowest BCUT2D eigenvalue weighted by Crippen LogP contribution is -2.39. The molecule has 1 fully saturated rings. The molecule has 2 aromatic heterocycles. The average Bonchev–Trinajstić information content (AvgIpc) is 3.17. The standard InChI is InChI=1S/C18H19N5O3S/c1-25-16-9-19-10-17(21-16)26-13-5-3-12(4-6-13)20-18(24)11-2-7-14-15(8-11)23-27-22-14/h2,7-10,12-13H,3-6H2,1H3,(H,20,24). The van der Waals surface area contributed by atoms with Crippen LogP contribution in [0, 0.1) is 0 Å². The summed E-state index contributed by atoms with van der Waals surface area (Å²) in [6.45, 7) is 0. The summed E-state index contributed by atoms with van der Waals surface area (Å²) in [5, 5.41) is 3.11. The predicted molar refractivity (Wildman–Crippen MR) is 100 cm³/mol. The van der Waals surface area contributed by atoms with Crippen LogP contribution < -0.4 is 14.8 Å². The topological polar surface area (TPSA) is 99.1 Å². The molecule has 1 aliphatic carbocycles. The quantitative estimate of drug-likeness (QED) is 0.721. The molecule has 0 aliphatic heterocycles. The summed E-state index contributed by atoms with van der Waals surface area (Å²) in [5.74, 6) is 0.820. The number of hydrogen-bond donors (Lipinski definition) is 1. The molecule has 0 atom stereocenters. The molecule has 0 unspecified atom stereocenters. The van der Waals surface area contributed by atoms with E-state index in [9.17, 15) is 4.79 Å². The van der Waals surface area contributed by atoms with Gasteiger partial charge in [0.05, 0.1) is 31.2 Å². The van der Waals surface area contributed by atoms with Crippen molar-refractivity contribution in [3.8, 4) is 11.8 Å². The van der Waals surface area contributed by atoms with Crippen molar-refractivity contribution in [2.24, 2.45) is 0 Å². The van der Waals surface area contributed by atoms with Crippen LogP contribution in [0.25, 0.3) is 11.0 Å². The second kappa shape index (κ2) is 7.83. The average molecular weight is 385 g/mol. The monoisotopic (exact) mass is 385 g/mol. The summed E-state index contributed by atoms with van der Waals surface area (Å²) in [5.41, 5.74) is 2.18. The predicted octanol–water partition coefficient (Wildman–Crippen LogP) is 2.61. The van der Waals surface area contributed by atoms with E-state index in [0.717, 1.165) is 48.4 Å². The molecule has 1 amide bonds. The van der Waals surface area contributed by atoms with E-state index in [1.165, 1.54) is 0 Å². The molecule has 140 valence electrons. The van der Waals surface area contributed by atoms with Crippen molar-refractivity contribution in [1.82, 2.24) is 24.0 Å². The van der Waals surface area contributed by atoms with E-state index in [4.69, 9.17) is 9.47 Å². The van der Waals surface area contributed by atoms with Crippen molar-refractivity contribution < 1.29 is 14.3 Å². The maximum Gasteiger partial charge on any atom is 0.251 e. The Morgan fingerprint density at radius 3 is 2.70 bits per heavy atom. The van der Waals surface area contributed by atoms with E-state index in [0.29, 0.717) is 17.3 Å². The van der Waals surface area contributed by atoms with Gasteiger partial charge in [0.15, 0.2) is 0 Å². The highest BCUT2D eigenvalue weighted by molar-refractivity contribution is 7.00. The minimum atomic E-state index is -0.0760. The Hall–Kier alpha value is -2.81. The van der Waals surface area contributed by atoms with Crippen LogP contribution in [0.15, 0.2) is 30.6 Å². The lowest BCUT2D eigenvalue weighted by molar-refractivity contribution is 0.0889. The van der Waals surface area contributed by atoms with Gasteiger partial charge in [-0.1, -0.05) is 0 Å². The molecule has 0 radical (unpaired) electrons. The summed E-state index contributed by atoms with van der Waals surface area (Å²) in [6, 6.07) is 5.53. The van der Waals surface area contributed by atoms with Gasteiger partial charge in [-0.25, -0.2) is 0 Å². The van der Waals surface area contributed by atoms with Crippen LogP contribution in [0.5, 0.6) is 11.8 Å². The molecule has 3 aromatic rings. The molecular weight excluding hydrogens is 366 g/mol. The first kappa shape index (κ1) is 17.6. The summed E-state index contributed by atoms with van der Waals surface area (Å²) < 4.78 is 19.3. The Morgan fingerprint density at radius 1 is 1.11 bits per heavy atom. The van der Waals surface area contributed by atoms with Crippen LogP contribution in [-0.4, -0.2) is 43.9 Å². The lowest BCUT2D eigenvalue weighted by Gasteiger charge is -2.29. The number of ether oxygens (including phenoxy) is 2. The number of nitrogens with one attached hydrogen (secondary N) is 1. The van der Waals surface area contributed by atoms with Crippen LogP contribution in [0.2, 0.25) is 0 Å². The third-order valence-corrected chi connectivity index (χ3v) is 5.17. The van der Waals surface area contributed by atoms with Gasteiger partial charge < -0.3 is 14.8 Å². The largest absolute Gasteiger partial charge is 0.480 e. The van der Waals surface area contributed by atoms with Gasteiger partial charge in [0.1, 0.15) is 17.1 Å². The van der Waals surface area contributed by atoms with Crippen molar-refractivity contribution in [3.05, 3.63) is 36.2 Å². The molecule has 0 bridgehead atoms. The van der Waals surface area contributed by atoms with Crippen molar-refractivity contribution >= 4 is 28.7 Å². The summed E-state index contributed by atoms with van der Waals surface area (Å²) in [6.07, 6.45) is 6.59. The molecule has 2 heterocycles. The minimum Gasteiger partial charge on any atom is -0.480 e. The fourth-order valence-corrected chi connectivity index (χ4v) is 3.69. The highest BCUT2D eigenvalue weighted by atomic mass is 32.1. The fraction of sp³-hybridized carbons (Fsp3) is 0.389. The van der Waals surface area contributed by atoms with Crippen molar-refractivity contribution in [2.75, 3.05) is 7.11 Å². The molecule has 0 saturated heterocycles. The first-order chi connectivity index (χ1) is 13.2. The Kier molecular flexibility index (Phi) is 5.10. The normalized spacial score (nSPS) is 19.6. The van der Waals surface area contributed by atoms with Crippen LogP contribution in [0.3, 0.4) is 0 Å². The van der Waals surface area contributed by atoms with Crippen LogP contribution >= 0.6 is 11.7 Å². The second-order valence-corrected chi connectivity index (χ2v) is 6.96. The lowest BCUT2D eigenvalue weighted by atomic mass is 9.92. The summed E-state index contributed by atoms with van der Waals surface area (Å²) >= 11 is 1.15. The Bertz CT molecular complexity index is 939. The number of amides is 1. The van der Waals surface area contributed by atoms with Gasteiger partial charge in [-0.3, -0.25) is 9.78 Å². The number of rotatable bonds is 5. The Balaban J connectivity index is 1.30. The number of methoxy groups -OCH3 is 1. The number of aromatic nitrogens is 4. The fourth-order valence-electron chi connectivity index (χ4n) is 3.17. The first-order valence-electron chi connectivity index (χ1n) is 8.77. The van der Waals surface area contributed by atoms with E-state index < -0.39 is 0 Å². The highest BCUT2D eigenvalue weighted by Gasteiger charge is 2.24. The molecule has 1 aromatic carbocycles. The smallest absolute Gasteiger partial charge is 0.251 e. The van der Waals surface area contributed by atoms with Gasteiger partial charge in [-0.05, 0) is 43.9 Å². The number of hydrogen-bond acceptors (Lipinski definition) is 8. The molecule has 27 heavy (non-hydrogen) atoms. The molecule has 0 spiro atoms. The zero-order chi connectivity index (χ0) is 18.6. The number of carbonyl (C=O) groups is 1. The van der Waals surface area contributed by atoms with Gasteiger partial charge in [0.2, 0.25) is 11.8 Å². The number of fused-ring (bicyclic) bond motifs is 1. The molecule has 1 saturated carbocycles. The number of nitrogens with zero attached hydrogens (tertiary/aromatic N) is 4. The molecule has 8 nitrogen and oxygen atoms in total. The highest BCUT2D eigenvalue weighted by Crippen LogP contribution is 2.24. The molecule has 4 rings (SSSR count). The first-order valence-corrected chi connectivity index (χ1v) is 9.50. The molecule has 1 N–H and O–H groups in total. The molecular formula is C18H19N5O3S. The van der Waals surface area contributed by atoms with Gasteiger partial charge in [-0.15, -0.1) is 0 Å². The van der Waals surface area contributed by atoms with Gasteiger partial charge >= 0.3 is 0 Å². The van der Waals surface area contributed by atoms with Crippen LogP contribution in [-0.2, 0) is 0 Å². The summed E-state index contributed by atoms with van der Waals surface area (Å²) in [7, 11) is 1.55. The van der Waals surface area contributed by atoms with E-state index in [1.54, 1.807) is 31.6 Å². The third-order valence-electron chi connectivity index (χ3n) is 4.61. The van der Waals surface area contributed by atoms with Crippen molar-refractivity contribution in [1.29, 1.82) is 0 Å². The third kappa shape index (κ3) is 4.13. The Labute approximate surface area is 160 Å². The SMILES string of the molecule is COc1cncc(OC2CCC(NC(=O)c3ccc4nsnc4c3)CC2)n1. The van der Waals surface area contributed by atoms with Crippen molar-refractivity contribution in [2.45, 2.75) is 37.8 Å². The number of benzene rings is 1. The minimum absolute atomic E-state index is 0.0667. The van der Waals surface area contributed by atoms with Crippen LogP contribution in [0.4, 0.5) is 0 Å². The molecule has 1 aliphatic rings. The van der Waals surface area contributed by atoms with E-state index in [1.807, 2.05) is 6.07 Å². The molecule has 9 heteroatoms. The van der Waals surface area contributed by atoms with E-state index in [-0.39, 0.29) is 18.1 Å². The zero-order valence-corrected chi connectivity index (χ0v) is 15.6. The van der Waals surface area contributed by atoms with Gasteiger partial charge in [-0.2, -0.15) is 13.7 Å². The summed E-state index contributed by atoms with van der Waals surface area (Å²) in [4.78, 5) is 20.8. The Morgan fingerprint density at radius 2 is 1.89 bits per heavy atom. The van der Waals surface area contributed by atoms with E-state index >= 15 is 0 Å². The van der Waals surface area contributed by atoms with Crippen LogP contribution in [0.1, 0.15) is 36.0 Å². The van der Waals surface area contributed by atoms with Crippen molar-refractivity contribution in [3.63, 3.8) is 0 Å². The number of carbonyl (C=O) groups excluding carboxylic acids is 1. The van der Waals surface area contributed by atoms with Gasteiger partial charge in [0, 0.05) is 11.6 Å². The van der Waals surface area contributed by atoms with Gasteiger partial charge in [0.25, 0.3) is 5.91 Å². The maximum absolute atomic E-state index is 12.5. The zero-order valence-electron chi connectivity index (χ0n) is 14.8. The second-order valence-electron chi connectivity index (χ2n) is 6.43.